The van der Waals surface area contributed by atoms with Gasteiger partial charge in [-0.05, 0) is 18.8 Å². The third-order valence-corrected chi connectivity index (χ3v) is 3.65. The first-order valence-electron chi connectivity index (χ1n) is 5.73. The first-order valence-corrected chi connectivity index (χ1v) is 6.85. The van der Waals surface area contributed by atoms with Crippen molar-refractivity contribution < 1.29 is 18.4 Å². The highest BCUT2D eigenvalue weighted by atomic mass is 79.9. The summed E-state index contributed by atoms with van der Waals surface area (Å²) in [7, 11) is 0. The fourth-order valence-electron chi connectivity index (χ4n) is 2.23. The fourth-order valence-corrected chi connectivity index (χ4v) is 2.58. The van der Waals surface area contributed by atoms with Gasteiger partial charge in [-0.25, -0.2) is 0 Å². The molecule has 0 radical (unpaired) electrons. The van der Waals surface area contributed by atoms with E-state index in [1.807, 2.05) is 0 Å². The largest absolute Gasteiger partial charge is 0.341 e. The number of hydrogen-bond acceptors (Lipinski definition) is 2. The van der Waals surface area contributed by atoms with Crippen LogP contribution in [0.4, 0.5) is 8.78 Å². The first-order chi connectivity index (χ1) is 8.06. The highest BCUT2D eigenvalue weighted by molar-refractivity contribution is 9.09. The van der Waals surface area contributed by atoms with Gasteiger partial charge in [-0.1, -0.05) is 35.2 Å². The van der Waals surface area contributed by atoms with Crippen LogP contribution in [0, 0.1) is 5.92 Å². The smallest absolute Gasteiger partial charge is 0.315 e. The van der Waals surface area contributed by atoms with Crippen LogP contribution in [0.15, 0.2) is 0 Å². The Bertz CT molecular complexity index is 281. The van der Waals surface area contributed by atoms with Gasteiger partial charge >= 0.3 is 6.43 Å². The zero-order chi connectivity index (χ0) is 12.8. The lowest BCUT2D eigenvalue weighted by Crippen LogP contribution is -2.49. The van der Waals surface area contributed by atoms with E-state index < -0.39 is 18.4 Å². The van der Waals surface area contributed by atoms with Crippen molar-refractivity contribution in [2.75, 3.05) is 5.33 Å². The summed E-state index contributed by atoms with van der Waals surface area (Å²) in [5.74, 6) is -1.59. The monoisotopic (exact) mass is 311 g/mol. The molecule has 1 aliphatic carbocycles. The van der Waals surface area contributed by atoms with E-state index in [2.05, 4.69) is 21.2 Å². The Morgan fingerprint density at radius 2 is 1.82 bits per heavy atom. The van der Waals surface area contributed by atoms with Gasteiger partial charge in [0.25, 0.3) is 5.91 Å². The molecular weight excluding hydrogens is 296 g/mol. The van der Waals surface area contributed by atoms with Crippen molar-refractivity contribution in [3.63, 3.8) is 0 Å². The molecule has 1 saturated carbocycles. The Kier molecular flexibility index (Phi) is 6.02. The van der Waals surface area contributed by atoms with Gasteiger partial charge in [0, 0.05) is 0 Å². The third kappa shape index (κ3) is 4.33. The highest BCUT2D eigenvalue weighted by Crippen LogP contribution is 2.27. The lowest BCUT2D eigenvalue weighted by molar-refractivity contribution is -0.135. The van der Waals surface area contributed by atoms with Crippen LogP contribution in [0.2, 0.25) is 0 Å². The number of nitrogens with one attached hydrogen (secondary N) is 1. The number of carbonyl (C=O) groups excluding carboxylic acids is 2. The molecule has 1 unspecified atom stereocenters. The van der Waals surface area contributed by atoms with Crippen molar-refractivity contribution >= 4 is 27.6 Å². The SMILES string of the molecule is O=C(NC(C(=O)CBr)C1CCCCC1)C(F)F. The maximum absolute atomic E-state index is 12.2. The summed E-state index contributed by atoms with van der Waals surface area (Å²) in [5, 5.41) is 2.25. The molecule has 6 heteroatoms. The Hall–Kier alpha value is -0.520. The molecule has 1 rings (SSSR count). The minimum atomic E-state index is -3.07. The Morgan fingerprint density at radius 3 is 2.29 bits per heavy atom. The van der Waals surface area contributed by atoms with Crippen molar-refractivity contribution in [2.45, 2.75) is 44.6 Å². The van der Waals surface area contributed by atoms with E-state index in [1.54, 1.807) is 0 Å². The summed E-state index contributed by atoms with van der Waals surface area (Å²) in [6.07, 6.45) is 1.64. The number of carbonyl (C=O) groups is 2. The van der Waals surface area contributed by atoms with Crippen LogP contribution in [0.1, 0.15) is 32.1 Å². The molecule has 0 aromatic carbocycles. The van der Waals surface area contributed by atoms with Gasteiger partial charge in [0.15, 0.2) is 5.78 Å². The molecule has 1 N–H and O–H groups in total. The predicted octanol–water partition coefficient (Wildman–Crippen LogP) is 2.28. The van der Waals surface area contributed by atoms with Gasteiger partial charge in [0.2, 0.25) is 0 Å². The fraction of sp³-hybridized carbons (Fsp3) is 0.818. The molecular formula is C11H16BrF2NO2. The van der Waals surface area contributed by atoms with Crippen molar-refractivity contribution in [2.24, 2.45) is 5.92 Å². The number of alkyl halides is 3. The van der Waals surface area contributed by atoms with Gasteiger partial charge in [-0.2, -0.15) is 8.78 Å². The molecule has 1 fully saturated rings. The molecule has 0 heterocycles. The lowest BCUT2D eigenvalue weighted by Gasteiger charge is -2.29. The first kappa shape index (κ1) is 14.5. The third-order valence-electron chi connectivity index (χ3n) is 3.10. The number of hydrogen-bond donors (Lipinski definition) is 1. The zero-order valence-electron chi connectivity index (χ0n) is 9.43. The topological polar surface area (TPSA) is 46.2 Å². The Balaban J connectivity index is 2.65. The van der Waals surface area contributed by atoms with Crippen LogP contribution in [0.5, 0.6) is 0 Å². The number of rotatable bonds is 5. The van der Waals surface area contributed by atoms with Crippen LogP contribution < -0.4 is 5.32 Å². The van der Waals surface area contributed by atoms with Crippen LogP contribution in [-0.4, -0.2) is 29.5 Å². The van der Waals surface area contributed by atoms with Gasteiger partial charge < -0.3 is 5.32 Å². The average Bonchev–Trinajstić information content (AvgIpc) is 2.35. The van der Waals surface area contributed by atoms with E-state index in [9.17, 15) is 18.4 Å². The average molecular weight is 312 g/mol. The molecule has 17 heavy (non-hydrogen) atoms. The van der Waals surface area contributed by atoms with Gasteiger partial charge in [-0.15, -0.1) is 0 Å². The lowest BCUT2D eigenvalue weighted by atomic mass is 9.82. The molecule has 3 nitrogen and oxygen atoms in total. The number of halogens is 3. The predicted molar refractivity (Wildman–Crippen MR) is 63.3 cm³/mol. The van der Waals surface area contributed by atoms with Crippen LogP contribution in [-0.2, 0) is 9.59 Å². The number of amides is 1. The standard InChI is InChI=1S/C11H16BrF2NO2/c12-6-8(16)9(15-11(17)10(13)14)7-4-2-1-3-5-7/h7,9-10H,1-6H2,(H,15,17). The van der Waals surface area contributed by atoms with Gasteiger partial charge in [0.05, 0.1) is 11.4 Å². The van der Waals surface area contributed by atoms with Crippen molar-refractivity contribution in [1.82, 2.24) is 5.32 Å². The van der Waals surface area contributed by atoms with Crippen molar-refractivity contribution in [3.8, 4) is 0 Å². The normalized spacial score (nSPS) is 19.1. The van der Waals surface area contributed by atoms with Gasteiger partial charge in [0.1, 0.15) is 0 Å². The summed E-state index contributed by atoms with van der Waals surface area (Å²) in [4.78, 5) is 22.7. The molecule has 1 atom stereocenters. The maximum Gasteiger partial charge on any atom is 0.315 e. The van der Waals surface area contributed by atoms with Crippen LogP contribution in [0.3, 0.4) is 0 Å². The summed E-state index contributed by atoms with van der Waals surface area (Å²) in [6.45, 7) is 0. The quantitative estimate of drug-likeness (QED) is 0.792. The van der Waals surface area contributed by atoms with E-state index in [4.69, 9.17) is 0 Å². The van der Waals surface area contributed by atoms with E-state index >= 15 is 0 Å². The summed E-state index contributed by atoms with van der Waals surface area (Å²) < 4.78 is 24.4. The van der Waals surface area contributed by atoms with Crippen molar-refractivity contribution in [3.05, 3.63) is 0 Å². The summed E-state index contributed by atoms with van der Waals surface area (Å²) in [6, 6.07) is -0.767. The molecule has 0 bridgehead atoms. The summed E-state index contributed by atoms with van der Waals surface area (Å²) >= 11 is 3.02. The molecule has 0 saturated heterocycles. The van der Waals surface area contributed by atoms with Crippen LogP contribution >= 0.6 is 15.9 Å². The minimum absolute atomic E-state index is 0.00324. The molecule has 0 aliphatic heterocycles. The Morgan fingerprint density at radius 1 is 1.24 bits per heavy atom. The molecule has 0 spiro atoms. The number of ketones is 1. The van der Waals surface area contributed by atoms with E-state index in [1.165, 1.54) is 0 Å². The van der Waals surface area contributed by atoms with Crippen molar-refractivity contribution in [1.29, 1.82) is 0 Å². The van der Waals surface area contributed by atoms with E-state index in [0.717, 1.165) is 32.1 Å². The summed E-state index contributed by atoms with van der Waals surface area (Å²) in [5.41, 5.74) is 0. The van der Waals surface area contributed by atoms with Crippen LogP contribution in [0.25, 0.3) is 0 Å². The molecule has 1 aliphatic rings. The van der Waals surface area contributed by atoms with Gasteiger partial charge in [-0.3, -0.25) is 9.59 Å². The van der Waals surface area contributed by atoms with E-state index in [0.29, 0.717) is 0 Å². The Labute approximate surface area is 107 Å². The molecule has 1 amide bonds. The van der Waals surface area contributed by atoms with E-state index in [-0.39, 0.29) is 17.0 Å². The highest BCUT2D eigenvalue weighted by Gasteiger charge is 2.31. The zero-order valence-corrected chi connectivity index (χ0v) is 11.0. The number of Topliss-reactive ketones (excluding diaryl/α,β-unsaturated/α-hetero) is 1. The minimum Gasteiger partial charge on any atom is -0.341 e. The second kappa shape index (κ2) is 7.03. The second-order valence-electron chi connectivity index (χ2n) is 4.28. The molecule has 0 aromatic heterocycles. The maximum atomic E-state index is 12.2. The molecule has 0 aromatic rings. The molecule has 98 valence electrons. The second-order valence-corrected chi connectivity index (χ2v) is 4.85.